The van der Waals surface area contributed by atoms with Crippen LogP contribution >= 0.6 is 0 Å². The number of ether oxygens (including phenoxy) is 1. The molecule has 0 spiro atoms. The van der Waals surface area contributed by atoms with E-state index in [0.29, 0.717) is 13.2 Å². The molecule has 1 saturated heterocycles. The van der Waals surface area contributed by atoms with Crippen molar-refractivity contribution in [3.8, 4) is 0 Å². The molecule has 0 bridgehead atoms. The quantitative estimate of drug-likeness (QED) is 0.857. The van der Waals surface area contributed by atoms with E-state index in [0.717, 1.165) is 36.0 Å². The van der Waals surface area contributed by atoms with Crippen molar-refractivity contribution in [2.75, 3.05) is 36.5 Å². The Balaban J connectivity index is 2.30. The highest BCUT2D eigenvalue weighted by Gasteiger charge is 2.28. The second kappa shape index (κ2) is 7.04. The van der Waals surface area contributed by atoms with Gasteiger partial charge in [-0.05, 0) is 27.2 Å². The van der Waals surface area contributed by atoms with E-state index >= 15 is 0 Å². The Morgan fingerprint density at radius 2 is 2.14 bits per heavy atom. The molecule has 1 aromatic rings. The fourth-order valence-corrected chi connectivity index (χ4v) is 2.53. The summed E-state index contributed by atoms with van der Waals surface area (Å²) in [5, 5.41) is 12.7. The van der Waals surface area contributed by atoms with Crippen molar-refractivity contribution in [3.05, 3.63) is 11.4 Å². The summed E-state index contributed by atoms with van der Waals surface area (Å²) in [5.41, 5.74) is 1.06. The summed E-state index contributed by atoms with van der Waals surface area (Å²) in [7, 11) is 0. The topological polar surface area (TPSA) is 70.5 Å². The molecule has 0 aromatic carbocycles. The van der Waals surface area contributed by atoms with E-state index in [4.69, 9.17) is 4.74 Å². The molecular weight excluding hydrogens is 268 g/mol. The molecule has 2 N–H and O–H groups in total. The second-order valence-corrected chi connectivity index (χ2v) is 5.63. The summed E-state index contributed by atoms with van der Waals surface area (Å²) in [6.45, 7) is 10.4. The summed E-state index contributed by atoms with van der Waals surface area (Å²) in [6.07, 6.45) is 0.904. The van der Waals surface area contributed by atoms with Crippen LogP contribution in [0.1, 0.15) is 31.7 Å². The van der Waals surface area contributed by atoms with E-state index < -0.39 is 0 Å². The summed E-state index contributed by atoms with van der Waals surface area (Å²) in [6, 6.07) is 0.236. The highest BCUT2D eigenvalue weighted by atomic mass is 16.5. The number of aryl methyl sites for hydroxylation is 1. The molecule has 2 unspecified atom stereocenters. The van der Waals surface area contributed by atoms with Crippen molar-refractivity contribution in [1.29, 1.82) is 0 Å². The summed E-state index contributed by atoms with van der Waals surface area (Å²) in [5.74, 6) is 2.60. The van der Waals surface area contributed by atoms with E-state index in [1.165, 1.54) is 0 Å². The minimum atomic E-state index is -0.150. The Morgan fingerprint density at radius 1 is 1.38 bits per heavy atom. The molecule has 21 heavy (non-hydrogen) atoms. The Hall–Kier alpha value is -1.40. The van der Waals surface area contributed by atoms with Gasteiger partial charge in [0.05, 0.1) is 25.4 Å². The van der Waals surface area contributed by atoms with Crippen LogP contribution in [0.4, 0.5) is 11.6 Å². The highest BCUT2D eigenvalue weighted by molar-refractivity contribution is 5.59. The normalized spacial score (nSPS) is 22.4. The van der Waals surface area contributed by atoms with E-state index in [2.05, 4.69) is 34.0 Å². The summed E-state index contributed by atoms with van der Waals surface area (Å²) in [4.78, 5) is 11.3. The first kappa shape index (κ1) is 16.0. The molecule has 1 fully saturated rings. The Kier molecular flexibility index (Phi) is 5.36. The second-order valence-electron chi connectivity index (χ2n) is 5.63. The molecule has 0 saturated carbocycles. The molecule has 0 amide bonds. The van der Waals surface area contributed by atoms with Crippen molar-refractivity contribution >= 4 is 11.6 Å². The maximum absolute atomic E-state index is 9.34. The number of aromatic nitrogens is 2. The largest absolute Gasteiger partial charge is 0.394 e. The molecule has 2 heterocycles. The van der Waals surface area contributed by atoms with Crippen molar-refractivity contribution in [1.82, 2.24) is 9.97 Å². The van der Waals surface area contributed by atoms with E-state index in [9.17, 15) is 5.11 Å². The minimum absolute atomic E-state index is 0.0350. The van der Waals surface area contributed by atoms with Gasteiger partial charge < -0.3 is 20.1 Å². The Bertz CT molecular complexity index is 481. The van der Waals surface area contributed by atoms with Gasteiger partial charge in [0.25, 0.3) is 0 Å². The van der Waals surface area contributed by atoms with Crippen LogP contribution < -0.4 is 10.2 Å². The van der Waals surface area contributed by atoms with Crippen LogP contribution in [0.15, 0.2) is 0 Å². The lowest BCUT2D eigenvalue weighted by atomic mass is 10.1. The predicted molar refractivity (Wildman–Crippen MR) is 83.9 cm³/mol. The molecule has 0 aliphatic carbocycles. The number of aliphatic hydroxyl groups excluding tert-OH is 1. The van der Waals surface area contributed by atoms with Crippen LogP contribution in [0.5, 0.6) is 0 Å². The number of nitrogens with zero attached hydrogens (tertiary/aromatic N) is 3. The average molecular weight is 294 g/mol. The van der Waals surface area contributed by atoms with Crippen LogP contribution in [0.3, 0.4) is 0 Å². The summed E-state index contributed by atoms with van der Waals surface area (Å²) < 4.78 is 5.61. The third-order valence-corrected chi connectivity index (χ3v) is 3.76. The zero-order chi connectivity index (χ0) is 15.4. The minimum Gasteiger partial charge on any atom is -0.394 e. The van der Waals surface area contributed by atoms with Gasteiger partial charge in [0.15, 0.2) is 0 Å². The van der Waals surface area contributed by atoms with Crippen LogP contribution in [0.2, 0.25) is 0 Å². The number of morpholine rings is 1. The number of aliphatic hydroxyl groups is 1. The van der Waals surface area contributed by atoms with E-state index in [1.54, 1.807) is 0 Å². The van der Waals surface area contributed by atoms with Crippen molar-refractivity contribution in [2.45, 2.75) is 46.3 Å². The average Bonchev–Trinajstić information content (AvgIpc) is 2.48. The van der Waals surface area contributed by atoms with Crippen LogP contribution in [-0.4, -0.2) is 53.5 Å². The molecule has 6 heteroatoms. The van der Waals surface area contributed by atoms with Crippen LogP contribution in [0.25, 0.3) is 0 Å². The molecule has 1 aromatic heterocycles. The van der Waals surface area contributed by atoms with Gasteiger partial charge in [0.1, 0.15) is 17.5 Å². The Labute approximate surface area is 126 Å². The predicted octanol–water partition coefficient (Wildman–Crippen LogP) is 1.50. The first-order valence-corrected chi connectivity index (χ1v) is 7.65. The fourth-order valence-electron chi connectivity index (χ4n) is 2.53. The van der Waals surface area contributed by atoms with Crippen LogP contribution in [-0.2, 0) is 4.74 Å². The van der Waals surface area contributed by atoms with Gasteiger partial charge >= 0.3 is 0 Å². The van der Waals surface area contributed by atoms with Crippen molar-refractivity contribution in [3.63, 3.8) is 0 Å². The number of hydrogen-bond donors (Lipinski definition) is 2. The molecule has 1 aliphatic rings. The van der Waals surface area contributed by atoms with Crippen molar-refractivity contribution < 1.29 is 9.84 Å². The Morgan fingerprint density at radius 3 is 2.81 bits per heavy atom. The van der Waals surface area contributed by atoms with Gasteiger partial charge in [-0.3, -0.25) is 0 Å². The fraction of sp³-hybridized carbons (Fsp3) is 0.733. The first-order chi connectivity index (χ1) is 10.1. The molecule has 1 aliphatic heterocycles. The van der Waals surface area contributed by atoms with Gasteiger partial charge in [-0.1, -0.05) is 6.92 Å². The zero-order valence-corrected chi connectivity index (χ0v) is 13.4. The third-order valence-electron chi connectivity index (χ3n) is 3.76. The maximum Gasteiger partial charge on any atom is 0.137 e. The van der Waals surface area contributed by atoms with Gasteiger partial charge in [0, 0.05) is 18.7 Å². The maximum atomic E-state index is 9.34. The van der Waals surface area contributed by atoms with Crippen molar-refractivity contribution in [2.24, 2.45) is 0 Å². The molecule has 6 nitrogen and oxygen atoms in total. The lowest BCUT2D eigenvalue weighted by Crippen LogP contribution is -2.50. The molecule has 2 rings (SSSR count). The standard InChI is InChI=1S/C15H26N4O2/c1-5-6-16-14-11(3)15(18-12(4)17-14)19-7-13(8-20)21-9-10(19)2/h10,13,20H,5-9H2,1-4H3,(H,16,17,18). The third kappa shape index (κ3) is 3.63. The summed E-state index contributed by atoms with van der Waals surface area (Å²) >= 11 is 0. The first-order valence-electron chi connectivity index (χ1n) is 7.65. The van der Waals surface area contributed by atoms with Gasteiger partial charge in [-0.15, -0.1) is 0 Å². The number of nitrogens with one attached hydrogen (secondary N) is 1. The lowest BCUT2D eigenvalue weighted by molar-refractivity contribution is -0.0106. The smallest absolute Gasteiger partial charge is 0.137 e. The molecule has 2 atom stereocenters. The van der Waals surface area contributed by atoms with Gasteiger partial charge in [-0.2, -0.15) is 0 Å². The lowest BCUT2D eigenvalue weighted by Gasteiger charge is -2.39. The van der Waals surface area contributed by atoms with Crippen LogP contribution in [0, 0.1) is 13.8 Å². The van der Waals surface area contributed by atoms with Gasteiger partial charge in [-0.25, -0.2) is 9.97 Å². The zero-order valence-electron chi connectivity index (χ0n) is 13.4. The number of anilines is 2. The highest BCUT2D eigenvalue weighted by Crippen LogP contribution is 2.27. The van der Waals surface area contributed by atoms with E-state index in [-0.39, 0.29) is 18.8 Å². The number of hydrogen-bond acceptors (Lipinski definition) is 6. The van der Waals surface area contributed by atoms with Gasteiger partial charge in [0.2, 0.25) is 0 Å². The molecule has 0 radical (unpaired) electrons. The monoisotopic (exact) mass is 294 g/mol. The SMILES string of the molecule is CCCNc1nc(C)nc(N2CC(CO)OCC2C)c1C. The van der Waals surface area contributed by atoms with E-state index in [1.807, 2.05) is 13.8 Å². The number of rotatable bonds is 5. The molecule has 118 valence electrons. The molecular formula is C15H26N4O2.